The number of rotatable bonds is 9. The van der Waals surface area contributed by atoms with Gasteiger partial charge in [0.25, 0.3) is 0 Å². The number of carboxylic acid groups (broad SMARTS) is 1. The Bertz CT molecular complexity index is 1730. The third-order valence-electron chi connectivity index (χ3n) is 9.14. The molecule has 4 heterocycles. The summed E-state index contributed by atoms with van der Waals surface area (Å²) in [6, 6.07) is 17.2. The van der Waals surface area contributed by atoms with E-state index in [4.69, 9.17) is 24.7 Å². The normalized spacial score (nSPS) is 20.0. The zero-order valence-corrected chi connectivity index (χ0v) is 23.7. The van der Waals surface area contributed by atoms with Crippen molar-refractivity contribution in [3.8, 4) is 11.9 Å². The van der Waals surface area contributed by atoms with Gasteiger partial charge in [0, 0.05) is 29.8 Å². The number of carboxylic acids is 1. The fraction of sp³-hybridized carbons (Fsp3) is 0.394. The maximum absolute atomic E-state index is 14.3. The van der Waals surface area contributed by atoms with Crippen molar-refractivity contribution in [2.24, 2.45) is 0 Å². The summed E-state index contributed by atoms with van der Waals surface area (Å²) in [5.74, 6) is 0.344. The van der Waals surface area contributed by atoms with Crippen molar-refractivity contribution in [1.82, 2.24) is 19.4 Å². The summed E-state index contributed by atoms with van der Waals surface area (Å²) in [7, 11) is 0. The lowest BCUT2D eigenvalue weighted by Gasteiger charge is -2.38. The molecule has 2 saturated heterocycles. The van der Waals surface area contributed by atoms with Gasteiger partial charge in [-0.3, -0.25) is 4.90 Å². The van der Waals surface area contributed by atoms with Gasteiger partial charge in [-0.25, -0.2) is 19.2 Å². The van der Waals surface area contributed by atoms with E-state index in [2.05, 4.69) is 9.47 Å². The molecule has 1 atom stereocenters. The number of ether oxygens (including phenoxy) is 2. The highest BCUT2D eigenvalue weighted by atomic mass is 19.1. The van der Waals surface area contributed by atoms with Gasteiger partial charge in [0.1, 0.15) is 18.2 Å². The molecule has 43 heavy (non-hydrogen) atoms. The van der Waals surface area contributed by atoms with Gasteiger partial charge >= 0.3 is 5.97 Å². The molecule has 1 N–H and O–H groups in total. The number of pyridine rings is 1. The molecule has 220 valence electrons. The first kappa shape index (κ1) is 27.5. The summed E-state index contributed by atoms with van der Waals surface area (Å²) >= 11 is 0. The molecular weight excluding hydrogens is 549 g/mol. The number of nitriles is 1. The number of benzene rings is 2. The average molecular weight is 582 g/mol. The number of halogens is 1. The van der Waals surface area contributed by atoms with Gasteiger partial charge in [0.15, 0.2) is 0 Å². The highest BCUT2D eigenvalue weighted by Gasteiger charge is 2.53. The lowest BCUT2D eigenvalue weighted by Crippen LogP contribution is -2.43. The molecule has 0 amide bonds. The summed E-state index contributed by atoms with van der Waals surface area (Å²) in [5, 5.41) is 18.6. The Morgan fingerprint density at radius 1 is 1.12 bits per heavy atom. The van der Waals surface area contributed by atoms with Crippen molar-refractivity contribution in [3.63, 3.8) is 0 Å². The van der Waals surface area contributed by atoms with Crippen LogP contribution in [0.15, 0.2) is 54.6 Å². The summed E-state index contributed by atoms with van der Waals surface area (Å²) < 4.78 is 28.1. The van der Waals surface area contributed by atoms with E-state index in [9.17, 15) is 14.3 Å². The summed E-state index contributed by atoms with van der Waals surface area (Å²) in [6.45, 7) is 3.28. The summed E-state index contributed by atoms with van der Waals surface area (Å²) in [6.07, 6.45) is 5.04. The molecule has 3 aliphatic rings. The van der Waals surface area contributed by atoms with Crippen LogP contribution in [0.4, 0.5) is 4.39 Å². The molecule has 2 aromatic carbocycles. The highest BCUT2D eigenvalue weighted by molar-refractivity contribution is 5.92. The van der Waals surface area contributed by atoms with Crippen molar-refractivity contribution in [2.45, 2.75) is 62.8 Å². The third kappa shape index (κ3) is 5.24. The molecule has 2 aliphatic heterocycles. The zero-order valence-electron chi connectivity index (χ0n) is 23.7. The molecule has 1 saturated carbocycles. The van der Waals surface area contributed by atoms with Crippen molar-refractivity contribution >= 4 is 17.0 Å². The van der Waals surface area contributed by atoms with Crippen LogP contribution in [0.2, 0.25) is 0 Å². The lowest BCUT2D eigenvalue weighted by molar-refractivity contribution is -0.0596. The summed E-state index contributed by atoms with van der Waals surface area (Å²) in [4.78, 5) is 24.1. The van der Waals surface area contributed by atoms with Gasteiger partial charge in [-0.1, -0.05) is 12.1 Å². The molecule has 1 aliphatic carbocycles. The van der Waals surface area contributed by atoms with Crippen LogP contribution >= 0.6 is 0 Å². The number of imidazole rings is 1. The monoisotopic (exact) mass is 581 g/mol. The Morgan fingerprint density at radius 3 is 2.60 bits per heavy atom. The molecule has 2 aromatic heterocycles. The standard InChI is InChI=1S/C33H32FN5O4/c34-26-16-21(18-35)4-5-24(26)20-43-30-3-1-2-27(36-30)22-8-13-38(14-9-22)33(11-12-33)32-37-28-7-6-23(31(40)41)17-29(28)39(32)19-25-10-15-42-25/h1-7,16-17,22,25H,8-15,19-20H2,(H,40,41)/t25-/m0/s1. The fourth-order valence-electron chi connectivity index (χ4n) is 6.46. The number of aromatic nitrogens is 3. The van der Waals surface area contributed by atoms with Crippen LogP contribution < -0.4 is 4.74 Å². The van der Waals surface area contributed by atoms with Crippen LogP contribution in [0, 0.1) is 17.1 Å². The number of fused-ring (bicyclic) bond motifs is 1. The van der Waals surface area contributed by atoms with E-state index < -0.39 is 11.8 Å². The second-order valence-electron chi connectivity index (χ2n) is 11.7. The molecule has 0 spiro atoms. The minimum absolute atomic E-state index is 0.0375. The van der Waals surface area contributed by atoms with Crippen LogP contribution in [0.25, 0.3) is 11.0 Å². The first-order valence-corrected chi connectivity index (χ1v) is 14.8. The van der Waals surface area contributed by atoms with E-state index in [1.54, 1.807) is 30.3 Å². The molecule has 0 bridgehead atoms. The van der Waals surface area contributed by atoms with Crippen LogP contribution in [0.3, 0.4) is 0 Å². The lowest BCUT2D eigenvalue weighted by atomic mass is 9.91. The Balaban J connectivity index is 1.06. The van der Waals surface area contributed by atoms with Crippen molar-refractivity contribution < 1.29 is 23.8 Å². The fourth-order valence-corrected chi connectivity index (χ4v) is 6.46. The van der Waals surface area contributed by atoms with Gasteiger partial charge < -0.3 is 19.1 Å². The van der Waals surface area contributed by atoms with E-state index in [0.29, 0.717) is 18.0 Å². The minimum Gasteiger partial charge on any atom is -0.478 e. The predicted molar refractivity (Wildman–Crippen MR) is 155 cm³/mol. The van der Waals surface area contributed by atoms with Crippen LogP contribution in [-0.4, -0.2) is 56.3 Å². The molecular formula is C33H32FN5O4. The summed E-state index contributed by atoms with van der Waals surface area (Å²) in [5.41, 5.74) is 3.41. The van der Waals surface area contributed by atoms with Gasteiger partial charge in [0.2, 0.25) is 5.88 Å². The molecule has 7 rings (SSSR count). The Kier molecular flexibility index (Phi) is 7.07. The largest absolute Gasteiger partial charge is 0.478 e. The molecule has 10 heteroatoms. The van der Waals surface area contributed by atoms with Crippen molar-refractivity contribution in [2.75, 3.05) is 19.7 Å². The van der Waals surface area contributed by atoms with Gasteiger partial charge in [-0.05, 0) is 81.6 Å². The van der Waals surface area contributed by atoms with E-state index in [1.165, 1.54) is 6.07 Å². The molecule has 4 aromatic rings. The van der Waals surface area contributed by atoms with E-state index in [1.807, 2.05) is 24.3 Å². The first-order chi connectivity index (χ1) is 20.9. The Hall–Kier alpha value is -4.33. The number of likely N-dealkylation sites (tertiary alicyclic amines) is 1. The van der Waals surface area contributed by atoms with Crippen molar-refractivity contribution in [1.29, 1.82) is 5.26 Å². The smallest absolute Gasteiger partial charge is 0.335 e. The van der Waals surface area contributed by atoms with Gasteiger partial charge in [0.05, 0.1) is 46.4 Å². The number of hydrogen-bond donors (Lipinski definition) is 1. The van der Waals surface area contributed by atoms with Gasteiger partial charge in [-0.15, -0.1) is 0 Å². The SMILES string of the molecule is N#Cc1ccc(COc2cccc(C3CCN(C4(c5nc6ccc(C(=O)O)cc6n5C[C@@H]5CCO5)CC4)CC3)n2)c(F)c1. The third-order valence-corrected chi connectivity index (χ3v) is 9.14. The topological polar surface area (TPSA) is 114 Å². The predicted octanol–water partition coefficient (Wildman–Crippen LogP) is 5.38. The van der Waals surface area contributed by atoms with Crippen LogP contribution in [-0.2, 0) is 23.4 Å². The van der Waals surface area contributed by atoms with Gasteiger partial charge in [-0.2, -0.15) is 5.26 Å². The number of nitrogens with zero attached hydrogens (tertiary/aromatic N) is 5. The minimum atomic E-state index is -0.941. The average Bonchev–Trinajstić information content (AvgIpc) is 3.73. The first-order valence-electron chi connectivity index (χ1n) is 14.8. The quantitative estimate of drug-likeness (QED) is 0.281. The number of aromatic carboxylic acids is 1. The second-order valence-corrected chi connectivity index (χ2v) is 11.7. The molecule has 3 fully saturated rings. The number of carbonyl (C=O) groups is 1. The molecule has 0 radical (unpaired) electrons. The van der Waals surface area contributed by atoms with Crippen LogP contribution in [0.5, 0.6) is 5.88 Å². The highest BCUT2D eigenvalue weighted by Crippen LogP contribution is 2.53. The Morgan fingerprint density at radius 2 is 1.93 bits per heavy atom. The van der Waals surface area contributed by atoms with Crippen molar-refractivity contribution in [3.05, 3.63) is 88.6 Å². The molecule has 9 nitrogen and oxygen atoms in total. The zero-order chi connectivity index (χ0) is 29.6. The maximum atomic E-state index is 14.3. The number of hydrogen-bond acceptors (Lipinski definition) is 7. The van der Waals surface area contributed by atoms with Crippen LogP contribution in [0.1, 0.15) is 71.0 Å². The maximum Gasteiger partial charge on any atom is 0.335 e. The molecule has 0 unspecified atom stereocenters. The number of piperidine rings is 1. The van der Waals surface area contributed by atoms with E-state index >= 15 is 0 Å². The Labute approximate surface area is 248 Å². The van der Waals surface area contributed by atoms with E-state index in [-0.39, 0.29) is 35.3 Å². The van der Waals surface area contributed by atoms with E-state index in [0.717, 1.165) is 74.4 Å². The second kappa shape index (κ2) is 11.1.